The molecular weight excluding hydrogens is 344 g/mol. The van der Waals surface area contributed by atoms with E-state index in [4.69, 9.17) is 21.7 Å². The summed E-state index contributed by atoms with van der Waals surface area (Å²) >= 11 is 6.07. The lowest BCUT2D eigenvalue weighted by molar-refractivity contribution is 0.568. The quantitative estimate of drug-likeness (QED) is 0.624. The number of halogens is 1. The molecular formula is C21H27ClN4. The Morgan fingerprint density at radius 1 is 1.19 bits per heavy atom. The van der Waals surface area contributed by atoms with Gasteiger partial charge in [-0.05, 0) is 38.0 Å². The lowest BCUT2D eigenvalue weighted by Gasteiger charge is -2.21. The third kappa shape index (κ3) is 3.56. The largest absolute Gasteiger partial charge is 0.367 e. The molecule has 26 heavy (non-hydrogen) atoms. The Balaban J connectivity index is 2.28. The molecule has 2 heterocycles. The normalized spacial score (nSPS) is 13.2. The van der Waals surface area contributed by atoms with Crippen LogP contribution in [0.15, 0.2) is 30.3 Å². The molecule has 138 valence electrons. The summed E-state index contributed by atoms with van der Waals surface area (Å²) < 4.78 is 1.93. The van der Waals surface area contributed by atoms with Gasteiger partial charge in [-0.15, -0.1) is 0 Å². The Morgan fingerprint density at radius 3 is 2.42 bits per heavy atom. The van der Waals surface area contributed by atoms with Crippen molar-refractivity contribution in [3.05, 3.63) is 46.7 Å². The van der Waals surface area contributed by atoms with Gasteiger partial charge in [0.15, 0.2) is 5.65 Å². The Bertz CT molecular complexity index is 920. The molecule has 0 fully saturated rings. The van der Waals surface area contributed by atoms with Crippen LogP contribution in [0.1, 0.15) is 52.4 Å². The highest BCUT2D eigenvalue weighted by Crippen LogP contribution is 2.32. The van der Waals surface area contributed by atoms with Crippen molar-refractivity contribution in [3.63, 3.8) is 0 Å². The van der Waals surface area contributed by atoms with E-state index in [9.17, 15) is 0 Å². The number of aromatic nitrogens is 3. The summed E-state index contributed by atoms with van der Waals surface area (Å²) in [5.74, 6) is 0.984. The summed E-state index contributed by atoms with van der Waals surface area (Å²) in [6, 6.07) is 10.4. The second-order valence-corrected chi connectivity index (χ2v) is 8.37. The second kappa shape index (κ2) is 6.92. The van der Waals surface area contributed by atoms with Crippen molar-refractivity contribution >= 4 is 23.1 Å². The molecule has 3 rings (SSSR count). The number of aryl methyl sites for hydroxylation is 1. The zero-order valence-electron chi connectivity index (χ0n) is 16.4. The van der Waals surface area contributed by atoms with Crippen molar-refractivity contribution in [1.82, 2.24) is 14.6 Å². The number of nitrogens with zero attached hydrogens (tertiary/aromatic N) is 3. The van der Waals surface area contributed by atoms with Gasteiger partial charge in [0.05, 0.1) is 11.4 Å². The summed E-state index contributed by atoms with van der Waals surface area (Å²) in [5.41, 5.74) is 4.96. The predicted molar refractivity (Wildman–Crippen MR) is 110 cm³/mol. The van der Waals surface area contributed by atoms with Crippen LogP contribution in [0, 0.1) is 6.92 Å². The first-order chi connectivity index (χ1) is 12.2. The van der Waals surface area contributed by atoms with Crippen LogP contribution in [0.4, 0.5) is 5.82 Å². The van der Waals surface area contributed by atoms with Gasteiger partial charge in [-0.25, -0.2) is 4.98 Å². The molecule has 0 saturated carbocycles. The smallest absolute Gasteiger partial charge is 0.165 e. The molecule has 1 unspecified atom stereocenters. The van der Waals surface area contributed by atoms with Gasteiger partial charge in [-0.2, -0.15) is 9.61 Å². The summed E-state index contributed by atoms with van der Waals surface area (Å²) in [6.45, 7) is 12.9. The van der Waals surface area contributed by atoms with Gasteiger partial charge in [-0.1, -0.05) is 51.4 Å². The molecule has 4 nitrogen and oxygen atoms in total. The first-order valence-electron chi connectivity index (χ1n) is 9.14. The summed E-state index contributed by atoms with van der Waals surface area (Å²) in [7, 11) is 0. The van der Waals surface area contributed by atoms with E-state index in [1.807, 2.05) is 35.7 Å². The molecule has 0 aliphatic rings. The van der Waals surface area contributed by atoms with E-state index in [1.165, 1.54) is 0 Å². The van der Waals surface area contributed by atoms with Crippen molar-refractivity contribution in [2.24, 2.45) is 0 Å². The van der Waals surface area contributed by atoms with Crippen LogP contribution in [0.2, 0.25) is 5.02 Å². The van der Waals surface area contributed by atoms with Gasteiger partial charge >= 0.3 is 0 Å². The van der Waals surface area contributed by atoms with Gasteiger partial charge < -0.3 is 5.32 Å². The fourth-order valence-corrected chi connectivity index (χ4v) is 3.05. The van der Waals surface area contributed by atoms with Gasteiger partial charge in [0.1, 0.15) is 5.82 Å². The monoisotopic (exact) mass is 370 g/mol. The van der Waals surface area contributed by atoms with E-state index in [1.54, 1.807) is 0 Å². The van der Waals surface area contributed by atoms with Crippen LogP contribution in [-0.2, 0) is 5.41 Å². The molecule has 1 aromatic carbocycles. The van der Waals surface area contributed by atoms with Crippen molar-refractivity contribution < 1.29 is 0 Å². The van der Waals surface area contributed by atoms with Crippen LogP contribution in [0.5, 0.6) is 0 Å². The van der Waals surface area contributed by atoms with Gasteiger partial charge in [0, 0.05) is 28.1 Å². The minimum Gasteiger partial charge on any atom is -0.367 e. The number of hydrogen-bond donors (Lipinski definition) is 1. The zero-order chi connectivity index (χ0) is 19.1. The van der Waals surface area contributed by atoms with Gasteiger partial charge in [-0.3, -0.25) is 0 Å². The standard InChI is InChI=1S/C21H27ClN4/c1-7-13(2)23-18-12-17(21(4,5)6)24-20-19(14(3)25-26(18)20)15-8-10-16(22)11-9-15/h8-13,23H,7H2,1-6H3. The van der Waals surface area contributed by atoms with Crippen molar-refractivity contribution in [2.75, 3.05) is 5.32 Å². The molecule has 0 spiro atoms. The molecule has 0 radical (unpaired) electrons. The molecule has 0 aliphatic heterocycles. The Labute approximate surface area is 160 Å². The van der Waals surface area contributed by atoms with Crippen molar-refractivity contribution in [2.45, 2.75) is 59.4 Å². The molecule has 2 aromatic heterocycles. The van der Waals surface area contributed by atoms with E-state index in [0.29, 0.717) is 6.04 Å². The van der Waals surface area contributed by atoms with Crippen LogP contribution in [-0.4, -0.2) is 20.6 Å². The highest BCUT2D eigenvalue weighted by Gasteiger charge is 2.22. The number of benzene rings is 1. The lowest BCUT2D eigenvalue weighted by Crippen LogP contribution is -2.20. The molecule has 0 aliphatic carbocycles. The van der Waals surface area contributed by atoms with Crippen LogP contribution in [0.3, 0.4) is 0 Å². The third-order valence-electron chi connectivity index (χ3n) is 4.67. The summed E-state index contributed by atoms with van der Waals surface area (Å²) in [6.07, 6.45) is 1.04. The first kappa shape index (κ1) is 18.7. The highest BCUT2D eigenvalue weighted by molar-refractivity contribution is 6.30. The number of fused-ring (bicyclic) bond motifs is 1. The molecule has 5 heteroatoms. The lowest BCUT2D eigenvalue weighted by atomic mass is 9.91. The molecule has 1 N–H and O–H groups in total. The van der Waals surface area contributed by atoms with E-state index in [2.05, 4.69) is 46.0 Å². The number of rotatable bonds is 4. The maximum Gasteiger partial charge on any atom is 0.165 e. The molecule has 1 atom stereocenters. The SMILES string of the molecule is CCC(C)Nc1cc(C(C)(C)C)nc2c(-c3ccc(Cl)cc3)c(C)nn12. The molecule has 3 aromatic rings. The van der Waals surface area contributed by atoms with Crippen molar-refractivity contribution in [3.8, 4) is 11.1 Å². The average molecular weight is 371 g/mol. The predicted octanol–water partition coefficient (Wildman–Crippen LogP) is 5.87. The number of hydrogen-bond acceptors (Lipinski definition) is 3. The first-order valence-corrected chi connectivity index (χ1v) is 9.52. The third-order valence-corrected chi connectivity index (χ3v) is 4.92. The number of nitrogens with one attached hydrogen (secondary N) is 1. The fraction of sp³-hybridized carbons (Fsp3) is 0.429. The number of anilines is 1. The average Bonchev–Trinajstić information content (AvgIpc) is 2.91. The molecule has 0 saturated heterocycles. The van der Waals surface area contributed by atoms with E-state index in [0.717, 1.165) is 45.4 Å². The van der Waals surface area contributed by atoms with Crippen LogP contribution in [0.25, 0.3) is 16.8 Å². The maximum absolute atomic E-state index is 6.07. The van der Waals surface area contributed by atoms with E-state index >= 15 is 0 Å². The Kier molecular flexibility index (Phi) is 4.98. The Hall–Kier alpha value is -2.07. The maximum atomic E-state index is 6.07. The van der Waals surface area contributed by atoms with E-state index < -0.39 is 0 Å². The highest BCUT2D eigenvalue weighted by atomic mass is 35.5. The summed E-state index contributed by atoms with van der Waals surface area (Å²) in [4.78, 5) is 4.99. The van der Waals surface area contributed by atoms with Crippen LogP contribution >= 0.6 is 11.6 Å². The van der Waals surface area contributed by atoms with E-state index in [-0.39, 0.29) is 5.41 Å². The minimum atomic E-state index is -0.0525. The van der Waals surface area contributed by atoms with Crippen LogP contribution < -0.4 is 5.32 Å². The fourth-order valence-electron chi connectivity index (χ4n) is 2.92. The molecule has 0 amide bonds. The minimum absolute atomic E-state index is 0.0525. The van der Waals surface area contributed by atoms with Gasteiger partial charge in [0.25, 0.3) is 0 Å². The Morgan fingerprint density at radius 2 is 1.85 bits per heavy atom. The van der Waals surface area contributed by atoms with Crippen molar-refractivity contribution in [1.29, 1.82) is 0 Å². The zero-order valence-corrected chi connectivity index (χ0v) is 17.1. The topological polar surface area (TPSA) is 42.2 Å². The molecule has 0 bridgehead atoms. The second-order valence-electron chi connectivity index (χ2n) is 7.93. The van der Waals surface area contributed by atoms with Gasteiger partial charge in [0.2, 0.25) is 0 Å². The summed E-state index contributed by atoms with van der Waals surface area (Å²) in [5, 5.41) is 9.10.